The molecule has 0 bridgehead atoms. The number of rotatable bonds is 6. The molecule has 12 heteroatoms. The molecule has 1 saturated heterocycles. The quantitative estimate of drug-likeness (QED) is 0.508. The number of hydrogen-bond acceptors (Lipinski definition) is 7. The van der Waals surface area contributed by atoms with E-state index in [1.807, 2.05) is 18.0 Å². The summed E-state index contributed by atoms with van der Waals surface area (Å²) in [5.41, 5.74) is 1.27. The molecule has 2 atom stereocenters. The number of carbonyl (C=O) groups is 2. The molecule has 38 heavy (non-hydrogen) atoms. The fraction of sp³-hybridized carbons (Fsp3) is 0.500. The molecule has 1 aliphatic carbocycles. The number of nitrogens with zero attached hydrogens (tertiary/aromatic N) is 5. The smallest absolute Gasteiger partial charge is 0.272 e. The summed E-state index contributed by atoms with van der Waals surface area (Å²) in [4.78, 5) is 37.0. The van der Waals surface area contributed by atoms with Gasteiger partial charge in [0.15, 0.2) is 5.82 Å². The highest BCUT2D eigenvalue weighted by molar-refractivity contribution is 5.94. The molecule has 6 rings (SSSR count). The van der Waals surface area contributed by atoms with Gasteiger partial charge in [-0.25, -0.2) is 14.4 Å². The minimum absolute atomic E-state index is 0.0102. The van der Waals surface area contributed by atoms with Crippen molar-refractivity contribution in [2.24, 2.45) is 5.92 Å². The van der Waals surface area contributed by atoms with Crippen molar-refractivity contribution >= 4 is 11.8 Å². The Morgan fingerprint density at radius 3 is 2.92 bits per heavy atom. The van der Waals surface area contributed by atoms with Crippen molar-refractivity contribution in [3.05, 3.63) is 47.6 Å². The summed E-state index contributed by atoms with van der Waals surface area (Å²) in [5.74, 6) is 0.194. The predicted molar refractivity (Wildman–Crippen MR) is 132 cm³/mol. The van der Waals surface area contributed by atoms with E-state index in [0.29, 0.717) is 38.3 Å². The summed E-state index contributed by atoms with van der Waals surface area (Å²) in [6.07, 6.45) is 5.93. The lowest BCUT2D eigenvalue weighted by Crippen LogP contribution is -2.51. The summed E-state index contributed by atoms with van der Waals surface area (Å²) in [5, 5.41) is 10.1. The lowest BCUT2D eigenvalue weighted by molar-refractivity contribution is -0.128. The van der Waals surface area contributed by atoms with E-state index in [9.17, 15) is 14.0 Å². The molecule has 2 fully saturated rings. The van der Waals surface area contributed by atoms with E-state index in [2.05, 4.69) is 30.0 Å². The zero-order valence-electron chi connectivity index (χ0n) is 21.4. The zero-order chi connectivity index (χ0) is 26.4. The third-order valence-corrected chi connectivity index (χ3v) is 7.85. The van der Waals surface area contributed by atoms with E-state index in [1.165, 1.54) is 13.2 Å². The van der Waals surface area contributed by atoms with Gasteiger partial charge in [0.1, 0.15) is 18.1 Å². The predicted octanol–water partition coefficient (Wildman–Crippen LogP) is 2.61. The number of aromatic amines is 1. The van der Waals surface area contributed by atoms with Crippen molar-refractivity contribution in [2.45, 2.75) is 57.3 Å². The highest BCUT2D eigenvalue weighted by atomic mass is 19.1. The first-order valence-electron chi connectivity index (χ1n) is 12.9. The Morgan fingerprint density at radius 2 is 2.16 bits per heavy atom. The van der Waals surface area contributed by atoms with Gasteiger partial charge in [-0.2, -0.15) is 5.10 Å². The second kappa shape index (κ2) is 9.50. The van der Waals surface area contributed by atoms with Crippen molar-refractivity contribution in [3.63, 3.8) is 0 Å². The molecule has 2 amide bonds. The first-order valence-corrected chi connectivity index (χ1v) is 12.9. The average molecular weight is 524 g/mol. The number of fused-ring (bicyclic) bond motifs is 1. The summed E-state index contributed by atoms with van der Waals surface area (Å²) in [6.45, 7) is 4.32. The van der Waals surface area contributed by atoms with E-state index in [0.717, 1.165) is 37.1 Å². The molecule has 11 nitrogen and oxygen atoms in total. The number of hydrogen-bond donors (Lipinski definition) is 2. The highest BCUT2D eigenvalue weighted by Crippen LogP contribution is 2.50. The first-order chi connectivity index (χ1) is 18.4. The van der Waals surface area contributed by atoms with Crippen LogP contribution in [0.25, 0.3) is 11.3 Å². The first kappa shape index (κ1) is 24.5. The van der Waals surface area contributed by atoms with Crippen LogP contribution in [0.3, 0.4) is 0 Å². The number of ether oxygens (including phenoxy) is 2. The van der Waals surface area contributed by atoms with Gasteiger partial charge in [-0.3, -0.25) is 14.7 Å². The van der Waals surface area contributed by atoms with Gasteiger partial charge in [-0.1, -0.05) is 0 Å². The van der Waals surface area contributed by atoms with Crippen LogP contribution in [0.2, 0.25) is 0 Å². The summed E-state index contributed by atoms with van der Waals surface area (Å²) >= 11 is 0. The van der Waals surface area contributed by atoms with Crippen molar-refractivity contribution < 1.29 is 23.5 Å². The number of methoxy groups -OCH3 is 1. The van der Waals surface area contributed by atoms with Crippen LogP contribution < -0.4 is 10.1 Å². The minimum atomic E-state index is -0.555. The van der Waals surface area contributed by atoms with Gasteiger partial charge in [-0.05, 0) is 38.7 Å². The van der Waals surface area contributed by atoms with Crippen molar-refractivity contribution in [1.29, 1.82) is 0 Å². The summed E-state index contributed by atoms with van der Waals surface area (Å²) in [6, 6.07) is 2.78. The van der Waals surface area contributed by atoms with Crippen LogP contribution in [-0.2, 0) is 22.7 Å². The Bertz CT molecular complexity index is 1360. The number of imidazole rings is 1. The fourth-order valence-electron chi connectivity index (χ4n) is 5.52. The van der Waals surface area contributed by atoms with Gasteiger partial charge in [0.05, 0.1) is 37.3 Å². The second-order valence-electron chi connectivity index (χ2n) is 10.3. The van der Waals surface area contributed by atoms with Crippen molar-refractivity contribution in [3.8, 4) is 17.1 Å². The van der Waals surface area contributed by atoms with Gasteiger partial charge in [-0.15, -0.1) is 0 Å². The molecule has 1 spiro atoms. The topological polar surface area (TPSA) is 127 Å². The minimum Gasteiger partial charge on any atom is -0.481 e. The summed E-state index contributed by atoms with van der Waals surface area (Å²) in [7, 11) is 1.45. The highest BCUT2D eigenvalue weighted by Gasteiger charge is 2.54. The van der Waals surface area contributed by atoms with Crippen LogP contribution in [0.1, 0.15) is 60.7 Å². The van der Waals surface area contributed by atoms with Gasteiger partial charge < -0.3 is 24.3 Å². The normalized spacial score (nSPS) is 20.6. The largest absolute Gasteiger partial charge is 0.481 e. The molecule has 2 N–H and O–H groups in total. The van der Waals surface area contributed by atoms with Crippen molar-refractivity contribution in [1.82, 2.24) is 34.9 Å². The Kier molecular flexibility index (Phi) is 6.13. The molecule has 2 aliphatic heterocycles. The molecule has 0 aromatic carbocycles. The van der Waals surface area contributed by atoms with Gasteiger partial charge in [0.25, 0.3) is 5.91 Å². The molecule has 1 saturated carbocycles. The Labute approximate surface area is 218 Å². The number of nitrogens with one attached hydrogen (secondary N) is 2. The van der Waals surface area contributed by atoms with Crippen LogP contribution >= 0.6 is 0 Å². The standard InChI is InChI=1S/C26H30FN7O4/c1-15(21-13-33-7-8-38-14-22(33)30-21)29-24(35)16-3-6-34(26(11-16)4-5-26)25(36)20-10-19(31-32-20)17-9-23(37-2)28-12-18(17)27/h9-10,12-13,15-16H,3-8,11,14H2,1-2H3,(H,29,35)(H,31,32)/t15-,16?/m1/s1. The zero-order valence-corrected chi connectivity index (χ0v) is 21.4. The van der Waals surface area contributed by atoms with E-state index in [4.69, 9.17) is 9.47 Å². The monoisotopic (exact) mass is 523 g/mol. The van der Waals surface area contributed by atoms with E-state index < -0.39 is 5.82 Å². The fourth-order valence-corrected chi connectivity index (χ4v) is 5.52. The molecular weight excluding hydrogens is 493 g/mol. The number of carbonyl (C=O) groups excluding carboxylic acids is 2. The van der Waals surface area contributed by atoms with Gasteiger partial charge in [0, 0.05) is 42.4 Å². The number of pyridine rings is 1. The Hall–Kier alpha value is -3.80. The second-order valence-corrected chi connectivity index (χ2v) is 10.3. The van der Waals surface area contributed by atoms with Crippen LogP contribution in [0.4, 0.5) is 4.39 Å². The van der Waals surface area contributed by atoms with Gasteiger partial charge >= 0.3 is 0 Å². The van der Waals surface area contributed by atoms with E-state index >= 15 is 0 Å². The molecule has 200 valence electrons. The van der Waals surface area contributed by atoms with Crippen LogP contribution in [0, 0.1) is 11.7 Å². The number of likely N-dealkylation sites (tertiary alicyclic amines) is 1. The van der Waals surface area contributed by atoms with Crippen LogP contribution in [-0.4, -0.2) is 67.2 Å². The number of halogens is 1. The number of aromatic nitrogens is 5. The Balaban J connectivity index is 1.11. The molecular formula is C26H30FN7O4. The lowest BCUT2D eigenvalue weighted by Gasteiger charge is -2.39. The van der Waals surface area contributed by atoms with Crippen LogP contribution in [0.5, 0.6) is 5.88 Å². The maximum Gasteiger partial charge on any atom is 0.272 e. The third kappa shape index (κ3) is 4.42. The third-order valence-electron chi connectivity index (χ3n) is 7.85. The number of H-pyrrole nitrogens is 1. The summed E-state index contributed by atoms with van der Waals surface area (Å²) < 4.78 is 27.0. The van der Waals surface area contributed by atoms with Crippen molar-refractivity contribution in [2.75, 3.05) is 20.3 Å². The Morgan fingerprint density at radius 1 is 1.32 bits per heavy atom. The van der Waals surface area contributed by atoms with Crippen LogP contribution in [0.15, 0.2) is 24.5 Å². The SMILES string of the molecule is COc1cc(-c2cc(C(=O)N3CCC(C(=O)N[C@H](C)c4cn5c(n4)COCC5)CC34CC4)[nH]n2)c(F)cn1. The maximum absolute atomic E-state index is 14.4. The number of amides is 2. The molecule has 3 aliphatic rings. The molecule has 0 radical (unpaired) electrons. The molecule has 5 heterocycles. The molecule has 1 unspecified atom stereocenters. The van der Waals surface area contributed by atoms with E-state index in [-0.39, 0.29) is 46.5 Å². The van der Waals surface area contributed by atoms with Gasteiger partial charge in [0.2, 0.25) is 11.8 Å². The van der Waals surface area contributed by atoms with E-state index in [1.54, 1.807) is 6.07 Å². The molecule has 3 aromatic rings. The molecule has 3 aromatic heterocycles. The maximum atomic E-state index is 14.4. The number of piperidine rings is 1. The average Bonchev–Trinajstić information content (AvgIpc) is 3.32. The lowest BCUT2D eigenvalue weighted by atomic mass is 9.87.